The molecule has 0 bridgehead atoms. The van der Waals surface area contributed by atoms with Crippen molar-refractivity contribution < 1.29 is 8.42 Å². The summed E-state index contributed by atoms with van der Waals surface area (Å²) >= 11 is 0. The summed E-state index contributed by atoms with van der Waals surface area (Å²) in [6.45, 7) is 2.03. The minimum Gasteiger partial charge on any atom is -0.367 e. The summed E-state index contributed by atoms with van der Waals surface area (Å²) in [4.78, 5) is 4.90. The molecule has 0 saturated heterocycles. The number of aromatic nitrogens is 4. The van der Waals surface area contributed by atoms with E-state index >= 15 is 0 Å². The summed E-state index contributed by atoms with van der Waals surface area (Å²) in [7, 11) is -3.84. The van der Waals surface area contributed by atoms with E-state index in [1.165, 1.54) is 17.4 Å². The number of fused-ring (bicyclic) bond motifs is 3. The standard InChI is InChI=1S/C22H23N5O2S/c1-2-15-11-13-17(14-12-15)30(28,29)22-21-24-20(23-16-7-3-4-8-16)18-9-5-6-10-19(18)27(21)26-25-22/h5-6,9-14,16H,2-4,7-8H2,1H3,(H,23,24). The number of rotatable bonds is 5. The highest BCUT2D eigenvalue weighted by Gasteiger charge is 2.27. The maximum absolute atomic E-state index is 13.3. The van der Waals surface area contributed by atoms with E-state index in [0.29, 0.717) is 11.9 Å². The van der Waals surface area contributed by atoms with Gasteiger partial charge in [-0.25, -0.2) is 13.4 Å². The van der Waals surface area contributed by atoms with Gasteiger partial charge < -0.3 is 5.32 Å². The first-order chi connectivity index (χ1) is 14.6. The van der Waals surface area contributed by atoms with Crippen molar-refractivity contribution in [2.45, 2.75) is 55.0 Å². The Labute approximate surface area is 175 Å². The van der Waals surface area contributed by atoms with E-state index in [4.69, 9.17) is 4.98 Å². The fourth-order valence-corrected chi connectivity index (χ4v) is 5.34. The number of nitrogens with one attached hydrogen (secondary N) is 1. The van der Waals surface area contributed by atoms with Crippen LogP contribution in [-0.2, 0) is 16.3 Å². The quantitative estimate of drug-likeness (QED) is 0.523. The molecule has 154 valence electrons. The van der Waals surface area contributed by atoms with E-state index < -0.39 is 9.84 Å². The lowest BCUT2D eigenvalue weighted by molar-refractivity contribution is 0.592. The van der Waals surface area contributed by atoms with Gasteiger partial charge in [-0.1, -0.05) is 49.2 Å². The van der Waals surface area contributed by atoms with Gasteiger partial charge in [-0.05, 0) is 49.1 Å². The van der Waals surface area contributed by atoms with Gasteiger partial charge in [-0.15, -0.1) is 5.10 Å². The summed E-state index contributed by atoms with van der Waals surface area (Å²) in [6, 6.07) is 15.0. The second-order valence-corrected chi connectivity index (χ2v) is 9.60. The van der Waals surface area contributed by atoms with Crippen LogP contribution in [0.25, 0.3) is 16.6 Å². The van der Waals surface area contributed by atoms with Crippen LogP contribution in [0, 0.1) is 0 Å². The minimum absolute atomic E-state index is 0.119. The predicted octanol–water partition coefficient (Wildman–Crippen LogP) is 4.03. The molecule has 1 saturated carbocycles. The van der Waals surface area contributed by atoms with E-state index in [9.17, 15) is 8.42 Å². The van der Waals surface area contributed by atoms with E-state index in [2.05, 4.69) is 15.6 Å². The summed E-state index contributed by atoms with van der Waals surface area (Å²) in [5.74, 6) is 0.685. The average molecular weight is 422 g/mol. The Balaban J connectivity index is 1.68. The van der Waals surface area contributed by atoms with E-state index in [1.807, 2.05) is 43.3 Å². The SMILES string of the molecule is CCc1ccc(S(=O)(=O)c2nnn3c2nc(NC2CCCC2)c2ccccc23)cc1. The highest BCUT2D eigenvalue weighted by atomic mass is 32.2. The molecule has 8 heteroatoms. The van der Waals surface area contributed by atoms with Crippen LogP contribution in [-0.4, -0.2) is 34.3 Å². The maximum atomic E-state index is 13.3. The van der Waals surface area contributed by atoms with Crippen LogP contribution in [0.3, 0.4) is 0 Å². The van der Waals surface area contributed by atoms with Crippen molar-refractivity contribution >= 4 is 32.2 Å². The molecule has 1 fully saturated rings. The number of aryl methyl sites for hydroxylation is 1. The first kappa shape index (κ1) is 19.0. The lowest BCUT2D eigenvalue weighted by Gasteiger charge is -2.15. The Morgan fingerprint density at radius 3 is 2.53 bits per heavy atom. The number of sulfone groups is 1. The monoisotopic (exact) mass is 421 g/mol. The molecular formula is C22H23N5O2S. The molecule has 0 amide bonds. The Kier molecular flexibility index (Phi) is 4.66. The molecule has 1 N–H and O–H groups in total. The zero-order valence-corrected chi connectivity index (χ0v) is 17.6. The van der Waals surface area contributed by atoms with Gasteiger partial charge in [0.05, 0.1) is 10.4 Å². The lowest BCUT2D eigenvalue weighted by atomic mass is 10.2. The molecule has 1 aliphatic carbocycles. The van der Waals surface area contributed by atoms with Gasteiger partial charge in [0, 0.05) is 11.4 Å². The molecule has 4 aromatic rings. The molecule has 7 nitrogen and oxygen atoms in total. The van der Waals surface area contributed by atoms with Crippen LogP contribution in [0.2, 0.25) is 0 Å². The molecule has 2 heterocycles. The molecule has 0 unspecified atom stereocenters. The number of anilines is 1. The Morgan fingerprint density at radius 1 is 1.07 bits per heavy atom. The number of para-hydroxylation sites is 1. The van der Waals surface area contributed by atoms with Crippen molar-refractivity contribution in [1.82, 2.24) is 19.8 Å². The molecule has 2 aromatic heterocycles. The fourth-order valence-electron chi connectivity index (χ4n) is 4.11. The second kappa shape index (κ2) is 7.36. The van der Waals surface area contributed by atoms with E-state index in [1.54, 1.807) is 12.1 Å². The fraction of sp³-hybridized carbons (Fsp3) is 0.318. The number of benzene rings is 2. The molecule has 0 atom stereocenters. The summed E-state index contributed by atoms with van der Waals surface area (Å²) in [5, 5.41) is 12.5. The lowest BCUT2D eigenvalue weighted by Crippen LogP contribution is -2.16. The number of hydrogen-bond donors (Lipinski definition) is 1. The van der Waals surface area contributed by atoms with E-state index in [0.717, 1.165) is 35.7 Å². The smallest absolute Gasteiger partial charge is 0.229 e. The van der Waals surface area contributed by atoms with Crippen molar-refractivity contribution in [1.29, 1.82) is 0 Å². The van der Waals surface area contributed by atoms with Gasteiger partial charge in [-0.3, -0.25) is 0 Å². The molecule has 0 radical (unpaired) electrons. The highest BCUT2D eigenvalue weighted by Crippen LogP contribution is 2.30. The molecule has 5 rings (SSSR count). The average Bonchev–Trinajstić information content (AvgIpc) is 3.44. The van der Waals surface area contributed by atoms with Crippen LogP contribution in [0.4, 0.5) is 5.82 Å². The summed E-state index contributed by atoms with van der Waals surface area (Å²) in [6.07, 6.45) is 5.42. The third-order valence-corrected chi connectivity index (χ3v) is 7.48. The zero-order chi connectivity index (χ0) is 20.7. The van der Waals surface area contributed by atoms with Gasteiger partial charge in [0.2, 0.25) is 14.9 Å². The number of nitrogens with zero attached hydrogens (tertiary/aromatic N) is 4. The first-order valence-electron chi connectivity index (χ1n) is 10.3. The second-order valence-electron chi connectivity index (χ2n) is 7.73. The summed E-state index contributed by atoms with van der Waals surface area (Å²) < 4.78 is 28.2. The zero-order valence-electron chi connectivity index (χ0n) is 16.7. The van der Waals surface area contributed by atoms with Gasteiger partial charge in [0.15, 0.2) is 5.65 Å². The highest BCUT2D eigenvalue weighted by molar-refractivity contribution is 7.91. The third-order valence-electron chi connectivity index (χ3n) is 5.81. The van der Waals surface area contributed by atoms with Crippen LogP contribution in [0.5, 0.6) is 0 Å². The third kappa shape index (κ3) is 3.11. The van der Waals surface area contributed by atoms with Gasteiger partial charge >= 0.3 is 0 Å². The Morgan fingerprint density at radius 2 is 1.80 bits per heavy atom. The molecular weight excluding hydrogens is 398 g/mol. The Hall–Kier alpha value is -3.00. The van der Waals surface area contributed by atoms with Gasteiger partial charge in [0.25, 0.3) is 0 Å². The van der Waals surface area contributed by atoms with Crippen LogP contribution in [0.1, 0.15) is 38.2 Å². The molecule has 0 spiro atoms. The van der Waals surface area contributed by atoms with Crippen LogP contribution >= 0.6 is 0 Å². The topological polar surface area (TPSA) is 89.2 Å². The van der Waals surface area contributed by atoms with Crippen molar-refractivity contribution in [3.63, 3.8) is 0 Å². The summed E-state index contributed by atoms with van der Waals surface area (Å²) in [5.41, 5.74) is 2.10. The van der Waals surface area contributed by atoms with Crippen molar-refractivity contribution in [3.8, 4) is 0 Å². The first-order valence-corrected chi connectivity index (χ1v) is 11.8. The van der Waals surface area contributed by atoms with Crippen LogP contribution in [0.15, 0.2) is 58.5 Å². The van der Waals surface area contributed by atoms with Crippen molar-refractivity contribution in [2.24, 2.45) is 0 Å². The molecule has 2 aromatic carbocycles. The Bertz CT molecular complexity index is 1320. The van der Waals surface area contributed by atoms with Gasteiger partial charge in [-0.2, -0.15) is 4.52 Å². The van der Waals surface area contributed by atoms with Crippen LogP contribution < -0.4 is 5.32 Å². The predicted molar refractivity (Wildman–Crippen MR) is 115 cm³/mol. The van der Waals surface area contributed by atoms with E-state index in [-0.39, 0.29) is 15.6 Å². The maximum Gasteiger partial charge on any atom is 0.229 e. The van der Waals surface area contributed by atoms with Crippen molar-refractivity contribution in [2.75, 3.05) is 5.32 Å². The van der Waals surface area contributed by atoms with Crippen molar-refractivity contribution in [3.05, 3.63) is 54.1 Å². The van der Waals surface area contributed by atoms with Gasteiger partial charge in [0.1, 0.15) is 5.82 Å². The minimum atomic E-state index is -3.84. The number of hydrogen-bond acceptors (Lipinski definition) is 6. The molecule has 1 aliphatic rings. The molecule has 0 aliphatic heterocycles. The molecule has 30 heavy (non-hydrogen) atoms. The normalized spacial score (nSPS) is 15.2. The largest absolute Gasteiger partial charge is 0.367 e.